The maximum atomic E-state index is 8.44. The predicted octanol–water partition coefficient (Wildman–Crippen LogP) is -2.19. The Bertz CT molecular complexity index is 361. The smallest absolute Gasteiger partial charge is 0.150 e. The number of hydrogen-bond acceptors (Lipinski definition) is 4. The molecule has 0 N–H and O–H groups in total. The summed E-state index contributed by atoms with van der Waals surface area (Å²) in [7, 11) is 10.5. The van der Waals surface area contributed by atoms with E-state index in [1.54, 1.807) is 12.1 Å². The Morgan fingerprint density at radius 2 is 1.25 bits per heavy atom. The highest BCUT2D eigenvalue weighted by atomic mass is 14.8. The van der Waals surface area contributed by atoms with Crippen molar-refractivity contribution in [1.82, 2.24) is 9.97 Å². The summed E-state index contributed by atoms with van der Waals surface area (Å²) in [5, 5.41) is 16.9. The van der Waals surface area contributed by atoms with Gasteiger partial charge in [0.15, 0.2) is 0 Å². The first-order chi connectivity index (χ1) is 5.69. The highest BCUT2D eigenvalue weighted by Crippen LogP contribution is 1.84. The van der Waals surface area contributed by atoms with Crippen molar-refractivity contribution < 1.29 is 0 Å². The standard InChI is InChI=1S/C6B2N4/c7-5-3(1-9)11-6(8)4(2-10)12-5. The van der Waals surface area contributed by atoms with E-state index in [1.165, 1.54) is 0 Å². The van der Waals surface area contributed by atoms with Crippen molar-refractivity contribution in [3.8, 4) is 12.1 Å². The molecular weight excluding hydrogens is 150 g/mol. The average molecular weight is 150 g/mol. The largest absolute Gasteiger partial charge is 0.250 e. The van der Waals surface area contributed by atoms with Crippen molar-refractivity contribution in [2.24, 2.45) is 0 Å². The fraction of sp³-hybridized carbons (Fsp3) is 0. The molecular formula is C6B2N4. The van der Waals surface area contributed by atoms with Crippen molar-refractivity contribution in [3.63, 3.8) is 0 Å². The summed E-state index contributed by atoms with van der Waals surface area (Å²) in [6.07, 6.45) is 0. The first kappa shape index (κ1) is 8.29. The Morgan fingerprint density at radius 1 is 0.917 bits per heavy atom. The molecule has 0 amide bonds. The van der Waals surface area contributed by atoms with Crippen molar-refractivity contribution in [2.75, 3.05) is 0 Å². The minimum Gasteiger partial charge on any atom is -0.250 e. The molecule has 0 atom stereocenters. The lowest BCUT2D eigenvalue weighted by Gasteiger charge is -1.99. The number of hydrogen-bond donors (Lipinski definition) is 0. The summed E-state index contributed by atoms with van der Waals surface area (Å²) < 4.78 is 0. The molecule has 0 fully saturated rings. The Labute approximate surface area is 71.7 Å². The Hall–Kier alpha value is -1.81. The van der Waals surface area contributed by atoms with Crippen LogP contribution in [-0.2, 0) is 0 Å². The molecule has 0 saturated carbocycles. The molecule has 0 unspecified atom stereocenters. The van der Waals surface area contributed by atoms with Gasteiger partial charge in [-0.3, -0.25) is 0 Å². The molecule has 0 aliphatic heterocycles. The molecule has 0 aliphatic carbocycles. The summed E-state index contributed by atoms with van der Waals surface area (Å²) in [5.74, 6) is 0. The van der Waals surface area contributed by atoms with Crippen LogP contribution >= 0.6 is 0 Å². The van der Waals surface area contributed by atoms with Crippen LogP contribution in [0.1, 0.15) is 11.4 Å². The van der Waals surface area contributed by atoms with E-state index in [9.17, 15) is 0 Å². The van der Waals surface area contributed by atoms with E-state index in [0.717, 1.165) is 0 Å². The molecule has 1 rings (SSSR count). The van der Waals surface area contributed by atoms with Gasteiger partial charge in [0.2, 0.25) is 0 Å². The van der Waals surface area contributed by atoms with Crippen molar-refractivity contribution >= 4 is 26.9 Å². The molecule has 50 valence electrons. The van der Waals surface area contributed by atoms with Crippen LogP contribution in [0.15, 0.2) is 0 Å². The normalized spacial score (nSPS) is 8.50. The summed E-state index contributed by atoms with van der Waals surface area (Å²) in [6, 6.07) is 3.40. The quantitative estimate of drug-likeness (QED) is 0.393. The van der Waals surface area contributed by atoms with Crippen LogP contribution in [0, 0.1) is 22.7 Å². The van der Waals surface area contributed by atoms with E-state index in [0.29, 0.717) is 0 Å². The molecule has 0 bridgehead atoms. The summed E-state index contributed by atoms with van der Waals surface area (Å²) in [4.78, 5) is 7.14. The van der Waals surface area contributed by atoms with Gasteiger partial charge in [0, 0.05) is 11.2 Å². The van der Waals surface area contributed by atoms with Crippen LogP contribution in [0.2, 0.25) is 0 Å². The average Bonchev–Trinajstić information content (AvgIpc) is 2.08. The van der Waals surface area contributed by atoms with Gasteiger partial charge in [-0.15, -0.1) is 0 Å². The lowest BCUT2D eigenvalue weighted by molar-refractivity contribution is 1.21. The van der Waals surface area contributed by atoms with Crippen LogP contribution in [0.4, 0.5) is 0 Å². The first-order valence-corrected chi connectivity index (χ1v) is 2.92. The van der Waals surface area contributed by atoms with Gasteiger partial charge < -0.3 is 0 Å². The minimum absolute atomic E-state index is 0.0634. The van der Waals surface area contributed by atoms with Crippen molar-refractivity contribution in [1.29, 1.82) is 10.5 Å². The summed E-state index contributed by atoms with van der Waals surface area (Å²) in [6.45, 7) is 0. The summed E-state index contributed by atoms with van der Waals surface area (Å²) in [5.41, 5.74) is -0.287. The Balaban J connectivity index is 3.41. The number of rotatable bonds is 0. The summed E-state index contributed by atoms with van der Waals surface area (Å²) >= 11 is 0. The fourth-order valence-corrected chi connectivity index (χ4v) is 0.626. The number of nitriles is 2. The molecule has 0 saturated heterocycles. The minimum atomic E-state index is -0.0803. The van der Waals surface area contributed by atoms with Gasteiger partial charge in [0.1, 0.15) is 39.2 Å². The van der Waals surface area contributed by atoms with E-state index in [2.05, 4.69) is 9.97 Å². The maximum Gasteiger partial charge on any atom is 0.150 e. The lowest BCUT2D eigenvalue weighted by Crippen LogP contribution is -2.26. The molecule has 1 aromatic heterocycles. The maximum absolute atomic E-state index is 8.44. The van der Waals surface area contributed by atoms with E-state index < -0.39 is 0 Å². The third kappa shape index (κ3) is 1.28. The fourth-order valence-electron chi connectivity index (χ4n) is 0.626. The van der Waals surface area contributed by atoms with Gasteiger partial charge in [0.25, 0.3) is 0 Å². The third-order valence-electron chi connectivity index (χ3n) is 1.16. The third-order valence-corrected chi connectivity index (χ3v) is 1.16. The molecule has 12 heavy (non-hydrogen) atoms. The second kappa shape index (κ2) is 3.06. The SMILES string of the molecule is [B]c1nc(C#N)c([B])nc1C#N. The van der Waals surface area contributed by atoms with Gasteiger partial charge in [-0.05, 0) is 0 Å². The van der Waals surface area contributed by atoms with E-state index in [-0.39, 0.29) is 22.6 Å². The molecule has 0 aromatic carbocycles. The van der Waals surface area contributed by atoms with Gasteiger partial charge >= 0.3 is 0 Å². The molecule has 1 aromatic rings. The monoisotopic (exact) mass is 150 g/mol. The lowest BCUT2D eigenvalue weighted by atomic mass is 9.97. The van der Waals surface area contributed by atoms with Gasteiger partial charge in [-0.25, -0.2) is 9.97 Å². The van der Waals surface area contributed by atoms with Crippen molar-refractivity contribution in [2.45, 2.75) is 0 Å². The zero-order chi connectivity index (χ0) is 9.14. The Kier molecular flexibility index (Phi) is 2.11. The molecule has 4 nitrogen and oxygen atoms in total. The second-order valence-corrected chi connectivity index (χ2v) is 1.91. The molecule has 0 spiro atoms. The molecule has 1 heterocycles. The van der Waals surface area contributed by atoms with Gasteiger partial charge in [-0.2, -0.15) is 10.5 Å². The van der Waals surface area contributed by atoms with Crippen LogP contribution in [-0.4, -0.2) is 25.7 Å². The van der Waals surface area contributed by atoms with E-state index in [1.807, 2.05) is 0 Å². The highest BCUT2D eigenvalue weighted by Gasteiger charge is 2.04. The zero-order valence-corrected chi connectivity index (χ0v) is 5.94. The van der Waals surface area contributed by atoms with Crippen LogP contribution in [0.5, 0.6) is 0 Å². The van der Waals surface area contributed by atoms with Crippen LogP contribution in [0.3, 0.4) is 0 Å². The van der Waals surface area contributed by atoms with E-state index >= 15 is 0 Å². The molecule has 4 radical (unpaired) electrons. The highest BCUT2D eigenvalue weighted by molar-refractivity contribution is 6.34. The van der Waals surface area contributed by atoms with Gasteiger partial charge in [-0.1, -0.05) is 0 Å². The first-order valence-electron chi connectivity index (χ1n) is 2.92. The topological polar surface area (TPSA) is 73.4 Å². The predicted molar refractivity (Wildman–Crippen MR) is 42.2 cm³/mol. The van der Waals surface area contributed by atoms with E-state index in [4.69, 9.17) is 26.2 Å². The van der Waals surface area contributed by atoms with Crippen molar-refractivity contribution in [3.05, 3.63) is 11.4 Å². The van der Waals surface area contributed by atoms with Crippen LogP contribution < -0.4 is 11.2 Å². The molecule has 0 aliphatic rings. The zero-order valence-electron chi connectivity index (χ0n) is 5.94. The van der Waals surface area contributed by atoms with Crippen LogP contribution in [0.25, 0.3) is 0 Å². The number of nitrogens with zero attached hydrogens (tertiary/aromatic N) is 4. The van der Waals surface area contributed by atoms with Gasteiger partial charge in [0.05, 0.1) is 0 Å². The second-order valence-electron chi connectivity index (χ2n) is 1.91. The Morgan fingerprint density at radius 3 is 1.50 bits per heavy atom. The molecule has 6 heteroatoms. The number of aromatic nitrogens is 2.